The first kappa shape index (κ1) is 15.2. The van der Waals surface area contributed by atoms with Gasteiger partial charge < -0.3 is 10.0 Å². The van der Waals surface area contributed by atoms with Gasteiger partial charge in [-0.15, -0.1) is 0 Å². The molecule has 0 saturated heterocycles. The minimum atomic E-state index is -0.696. The Hall–Kier alpha value is -0.870. The molecule has 0 spiro atoms. The molecule has 0 unspecified atom stereocenters. The maximum absolute atomic E-state index is 10.4. The molecule has 0 bridgehead atoms. The number of halogens is 1. The zero-order valence-corrected chi connectivity index (χ0v) is 12.3. The largest absolute Gasteiger partial charge is 0.481 e. The zero-order chi connectivity index (χ0) is 13.4. The van der Waals surface area contributed by atoms with Crippen LogP contribution in [0.4, 0.5) is 0 Å². The number of aliphatic carboxylic acids is 1. The van der Waals surface area contributed by atoms with E-state index in [-0.39, 0.29) is 6.42 Å². The van der Waals surface area contributed by atoms with Gasteiger partial charge in [0.1, 0.15) is 0 Å². The summed E-state index contributed by atoms with van der Waals surface area (Å²) >= 11 is 3.42. The van der Waals surface area contributed by atoms with Gasteiger partial charge in [0.2, 0.25) is 0 Å². The van der Waals surface area contributed by atoms with Gasteiger partial charge in [0.15, 0.2) is 0 Å². The van der Waals surface area contributed by atoms with Crippen molar-refractivity contribution in [3.8, 4) is 0 Å². The van der Waals surface area contributed by atoms with E-state index < -0.39 is 5.97 Å². The van der Waals surface area contributed by atoms with E-state index in [0.717, 1.165) is 36.8 Å². The monoisotopic (exact) mass is 313 g/mol. The molecule has 18 heavy (non-hydrogen) atoms. The average Bonchev–Trinajstić information content (AvgIpc) is 2.31. The number of carboxylic acid groups (broad SMARTS) is 1. The molecule has 0 aliphatic rings. The third-order valence-corrected chi connectivity index (χ3v) is 3.32. The minimum Gasteiger partial charge on any atom is -0.481 e. The van der Waals surface area contributed by atoms with Crippen LogP contribution in [0.3, 0.4) is 0 Å². The summed E-state index contributed by atoms with van der Waals surface area (Å²) in [6.07, 6.45) is 3.11. The van der Waals surface area contributed by atoms with Crippen molar-refractivity contribution in [1.29, 1.82) is 0 Å². The van der Waals surface area contributed by atoms with Gasteiger partial charge in [0.25, 0.3) is 0 Å². The van der Waals surface area contributed by atoms with Crippen LogP contribution in [0.15, 0.2) is 28.7 Å². The summed E-state index contributed by atoms with van der Waals surface area (Å²) in [7, 11) is 2.10. The van der Waals surface area contributed by atoms with E-state index in [2.05, 4.69) is 52.1 Å². The molecule has 1 aromatic carbocycles. The Kier molecular flexibility index (Phi) is 6.98. The van der Waals surface area contributed by atoms with Crippen LogP contribution in [0, 0.1) is 0 Å². The van der Waals surface area contributed by atoms with E-state index in [1.165, 1.54) is 5.56 Å². The fourth-order valence-corrected chi connectivity index (χ4v) is 2.08. The Morgan fingerprint density at radius 1 is 1.22 bits per heavy atom. The van der Waals surface area contributed by atoms with Crippen LogP contribution < -0.4 is 0 Å². The molecule has 0 atom stereocenters. The Morgan fingerprint density at radius 3 is 2.50 bits per heavy atom. The summed E-state index contributed by atoms with van der Waals surface area (Å²) in [4.78, 5) is 12.6. The maximum atomic E-state index is 10.4. The number of carboxylic acids is 1. The van der Waals surface area contributed by atoms with Gasteiger partial charge in [-0.2, -0.15) is 0 Å². The number of hydrogen-bond donors (Lipinski definition) is 1. The van der Waals surface area contributed by atoms with Crippen molar-refractivity contribution in [2.45, 2.75) is 32.2 Å². The maximum Gasteiger partial charge on any atom is 0.303 e. The number of rotatable bonds is 8. The third-order valence-electron chi connectivity index (χ3n) is 2.80. The fraction of sp³-hybridized carbons (Fsp3) is 0.500. The number of benzene rings is 1. The number of carbonyl (C=O) groups is 1. The molecule has 0 aliphatic carbocycles. The summed E-state index contributed by atoms with van der Waals surface area (Å²) in [5.41, 5.74) is 1.30. The SMILES string of the molecule is CN(CCCCCC(=O)O)Cc1ccc(Br)cc1. The lowest BCUT2D eigenvalue weighted by atomic mass is 10.1. The minimum absolute atomic E-state index is 0.288. The molecule has 0 amide bonds. The highest BCUT2D eigenvalue weighted by molar-refractivity contribution is 9.10. The highest BCUT2D eigenvalue weighted by Crippen LogP contribution is 2.12. The molecule has 0 aromatic heterocycles. The second-order valence-electron chi connectivity index (χ2n) is 4.57. The number of unbranched alkanes of at least 4 members (excludes halogenated alkanes) is 2. The van der Waals surface area contributed by atoms with Gasteiger partial charge in [-0.3, -0.25) is 4.79 Å². The molecule has 1 rings (SSSR count). The summed E-state index contributed by atoms with van der Waals surface area (Å²) in [5.74, 6) is -0.696. The van der Waals surface area contributed by atoms with Crippen molar-refractivity contribution in [2.75, 3.05) is 13.6 Å². The molecule has 1 aromatic rings. The molecule has 3 nitrogen and oxygen atoms in total. The standard InChI is InChI=1S/C14H20BrNO2/c1-16(10-4-2-3-5-14(17)18)11-12-6-8-13(15)9-7-12/h6-9H,2-5,10-11H2,1H3,(H,17,18). The summed E-state index contributed by atoms with van der Waals surface area (Å²) < 4.78 is 1.10. The lowest BCUT2D eigenvalue weighted by molar-refractivity contribution is -0.137. The first-order valence-corrected chi connectivity index (χ1v) is 7.02. The van der Waals surface area contributed by atoms with Crippen LogP contribution in [-0.4, -0.2) is 29.6 Å². The van der Waals surface area contributed by atoms with E-state index in [1.807, 2.05) is 0 Å². The fourth-order valence-electron chi connectivity index (χ4n) is 1.82. The number of nitrogens with zero attached hydrogens (tertiary/aromatic N) is 1. The van der Waals surface area contributed by atoms with E-state index in [0.29, 0.717) is 0 Å². The number of hydrogen-bond acceptors (Lipinski definition) is 2. The van der Waals surface area contributed by atoms with Crippen LogP contribution >= 0.6 is 15.9 Å². The Bertz CT molecular complexity index is 365. The highest BCUT2D eigenvalue weighted by atomic mass is 79.9. The molecule has 100 valence electrons. The quantitative estimate of drug-likeness (QED) is 0.746. The van der Waals surface area contributed by atoms with Gasteiger partial charge in [0, 0.05) is 17.4 Å². The molecule has 0 heterocycles. The van der Waals surface area contributed by atoms with Gasteiger partial charge in [-0.1, -0.05) is 34.5 Å². The Morgan fingerprint density at radius 2 is 1.89 bits per heavy atom. The third kappa shape index (κ3) is 6.77. The van der Waals surface area contributed by atoms with Crippen LogP contribution in [0.2, 0.25) is 0 Å². The van der Waals surface area contributed by atoms with Crippen molar-refractivity contribution in [3.63, 3.8) is 0 Å². The van der Waals surface area contributed by atoms with Crippen LogP contribution in [0.25, 0.3) is 0 Å². The molecular weight excluding hydrogens is 294 g/mol. The normalized spacial score (nSPS) is 10.8. The van der Waals surface area contributed by atoms with Crippen molar-refractivity contribution in [3.05, 3.63) is 34.3 Å². The Labute approximate surface area is 117 Å². The zero-order valence-electron chi connectivity index (χ0n) is 10.7. The van der Waals surface area contributed by atoms with Crippen molar-refractivity contribution < 1.29 is 9.90 Å². The van der Waals surface area contributed by atoms with Crippen molar-refractivity contribution >= 4 is 21.9 Å². The highest BCUT2D eigenvalue weighted by Gasteiger charge is 2.01. The summed E-state index contributed by atoms with van der Waals surface area (Å²) in [5, 5.41) is 8.52. The van der Waals surface area contributed by atoms with Crippen molar-refractivity contribution in [2.24, 2.45) is 0 Å². The molecule has 4 heteroatoms. The smallest absolute Gasteiger partial charge is 0.303 e. The van der Waals surface area contributed by atoms with Gasteiger partial charge in [0.05, 0.1) is 0 Å². The van der Waals surface area contributed by atoms with Crippen LogP contribution in [0.1, 0.15) is 31.2 Å². The Balaban J connectivity index is 2.15. The summed E-state index contributed by atoms with van der Waals surface area (Å²) in [6, 6.07) is 8.34. The van der Waals surface area contributed by atoms with Gasteiger partial charge in [-0.05, 0) is 44.1 Å². The van der Waals surface area contributed by atoms with E-state index >= 15 is 0 Å². The molecule has 0 saturated carbocycles. The molecular formula is C14H20BrNO2. The molecule has 0 fully saturated rings. The molecule has 1 N–H and O–H groups in total. The summed E-state index contributed by atoms with van der Waals surface area (Å²) in [6.45, 7) is 1.95. The second kappa shape index (κ2) is 8.27. The van der Waals surface area contributed by atoms with Gasteiger partial charge in [-0.25, -0.2) is 0 Å². The predicted molar refractivity (Wildman–Crippen MR) is 76.6 cm³/mol. The van der Waals surface area contributed by atoms with E-state index in [4.69, 9.17) is 5.11 Å². The molecule has 0 aliphatic heterocycles. The van der Waals surface area contributed by atoms with Gasteiger partial charge >= 0.3 is 5.97 Å². The molecule has 0 radical (unpaired) electrons. The van der Waals surface area contributed by atoms with Crippen LogP contribution in [0.5, 0.6) is 0 Å². The predicted octanol–water partition coefficient (Wildman–Crippen LogP) is 3.53. The lowest BCUT2D eigenvalue weighted by Crippen LogP contribution is -2.19. The average molecular weight is 314 g/mol. The first-order chi connectivity index (χ1) is 8.58. The lowest BCUT2D eigenvalue weighted by Gasteiger charge is -2.16. The second-order valence-corrected chi connectivity index (χ2v) is 5.48. The van der Waals surface area contributed by atoms with Crippen LogP contribution in [-0.2, 0) is 11.3 Å². The van der Waals surface area contributed by atoms with Crippen molar-refractivity contribution in [1.82, 2.24) is 4.90 Å². The first-order valence-electron chi connectivity index (χ1n) is 6.22. The topological polar surface area (TPSA) is 40.5 Å². The van der Waals surface area contributed by atoms with E-state index in [1.54, 1.807) is 0 Å². The van der Waals surface area contributed by atoms with E-state index in [9.17, 15) is 4.79 Å².